The van der Waals surface area contributed by atoms with Gasteiger partial charge in [0.05, 0.1) is 0 Å². The molecule has 2 nitrogen and oxygen atoms in total. The van der Waals surface area contributed by atoms with E-state index in [1.807, 2.05) is 6.92 Å². The number of hydrazine groups is 1. The highest BCUT2D eigenvalue weighted by Gasteiger charge is 2.17. The molecule has 0 bridgehead atoms. The maximum Gasteiger partial charge on any atom is 0.0348 e. The Kier molecular flexibility index (Phi) is 8.72. The molecule has 0 amide bonds. The van der Waals surface area contributed by atoms with Crippen LogP contribution in [0.1, 0.15) is 52.9 Å². The number of hydrogen-bond donors (Lipinski definition) is 2. The van der Waals surface area contributed by atoms with Gasteiger partial charge in [0.15, 0.2) is 0 Å². The van der Waals surface area contributed by atoms with E-state index in [1.54, 1.807) is 0 Å². The molecule has 1 unspecified atom stereocenters. The summed E-state index contributed by atoms with van der Waals surface area (Å²) in [6, 6.07) is 0.363. The fourth-order valence-corrected chi connectivity index (χ4v) is 1.86. The minimum absolute atomic E-state index is 0.363. The van der Waals surface area contributed by atoms with Gasteiger partial charge in [0.25, 0.3) is 0 Å². The summed E-state index contributed by atoms with van der Waals surface area (Å²) in [6.07, 6.45) is 5.81. The van der Waals surface area contributed by atoms with Gasteiger partial charge in [0.2, 0.25) is 0 Å². The van der Waals surface area contributed by atoms with E-state index in [-0.39, 0.29) is 0 Å². The molecular weight excluding hydrogens is 172 g/mol. The van der Waals surface area contributed by atoms with Gasteiger partial charge in [0.1, 0.15) is 0 Å². The maximum atomic E-state index is 5.56. The standard InChI is InChI=1S/C12H24N2/c1-4-7-10-12(14-13)11(8-5-2)9-6-3/h11-12,14H,5-6,8-10,13H2,1-3H3. The van der Waals surface area contributed by atoms with Crippen molar-refractivity contribution in [2.45, 2.75) is 58.9 Å². The third-order valence-corrected chi connectivity index (χ3v) is 2.60. The summed E-state index contributed by atoms with van der Waals surface area (Å²) in [5, 5.41) is 0. The van der Waals surface area contributed by atoms with Gasteiger partial charge in [0, 0.05) is 12.5 Å². The highest BCUT2D eigenvalue weighted by Crippen LogP contribution is 2.19. The van der Waals surface area contributed by atoms with E-state index in [0.29, 0.717) is 12.0 Å². The summed E-state index contributed by atoms with van der Waals surface area (Å²) < 4.78 is 0. The van der Waals surface area contributed by atoms with Gasteiger partial charge in [-0.2, -0.15) is 0 Å². The van der Waals surface area contributed by atoms with E-state index in [1.165, 1.54) is 25.7 Å². The summed E-state index contributed by atoms with van der Waals surface area (Å²) in [7, 11) is 0. The molecule has 0 aromatic heterocycles. The fourth-order valence-electron chi connectivity index (χ4n) is 1.86. The first-order valence-electron chi connectivity index (χ1n) is 5.65. The van der Waals surface area contributed by atoms with Crippen LogP contribution in [0.3, 0.4) is 0 Å². The van der Waals surface area contributed by atoms with E-state index < -0.39 is 0 Å². The zero-order valence-corrected chi connectivity index (χ0v) is 9.77. The molecule has 0 saturated heterocycles. The molecule has 82 valence electrons. The monoisotopic (exact) mass is 196 g/mol. The molecule has 14 heavy (non-hydrogen) atoms. The van der Waals surface area contributed by atoms with E-state index >= 15 is 0 Å². The van der Waals surface area contributed by atoms with Crippen LogP contribution in [0.25, 0.3) is 0 Å². The Labute approximate surface area is 88.6 Å². The number of nitrogens with one attached hydrogen (secondary N) is 1. The van der Waals surface area contributed by atoms with Crippen molar-refractivity contribution in [2.75, 3.05) is 0 Å². The third-order valence-electron chi connectivity index (χ3n) is 2.60. The van der Waals surface area contributed by atoms with Gasteiger partial charge in [-0.25, -0.2) is 0 Å². The summed E-state index contributed by atoms with van der Waals surface area (Å²) in [5.41, 5.74) is 2.90. The minimum Gasteiger partial charge on any atom is -0.271 e. The van der Waals surface area contributed by atoms with Crippen molar-refractivity contribution < 1.29 is 0 Å². The highest BCUT2D eigenvalue weighted by molar-refractivity contribution is 4.99. The summed E-state index contributed by atoms with van der Waals surface area (Å²) >= 11 is 0. The number of nitrogens with two attached hydrogens (primary N) is 1. The van der Waals surface area contributed by atoms with Gasteiger partial charge in [-0.05, 0) is 25.7 Å². The first-order chi connectivity index (χ1) is 6.79. The normalized spacial score (nSPS) is 12.4. The van der Waals surface area contributed by atoms with Crippen molar-refractivity contribution in [3.05, 3.63) is 0 Å². The molecule has 0 radical (unpaired) electrons. The van der Waals surface area contributed by atoms with Crippen LogP contribution in [0, 0.1) is 17.8 Å². The second kappa shape index (κ2) is 9.05. The molecule has 3 N–H and O–H groups in total. The predicted molar refractivity (Wildman–Crippen MR) is 62.5 cm³/mol. The quantitative estimate of drug-likeness (QED) is 0.373. The zero-order valence-electron chi connectivity index (χ0n) is 9.77. The van der Waals surface area contributed by atoms with Crippen LogP contribution in [0.15, 0.2) is 0 Å². The molecule has 0 aromatic carbocycles. The van der Waals surface area contributed by atoms with Gasteiger partial charge in [-0.1, -0.05) is 26.7 Å². The molecule has 0 aliphatic carbocycles. The van der Waals surface area contributed by atoms with E-state index in [0.717, 1.165) is 6.42 Å². The second-order valence-electron chi connectivity index (χ2n) is 3.74. The average Bonchev–Trinajstić information content (AvgIpc) is 2.19. The van der Waals surface area contributed by atoms with Crippen LogP contribution in [0.5, 0.6) is 0 Å². The van der Waals surface area contributed by atoms with Gasteiger partial charge in [-0.3, -0.25) is 11.3 Å². The van der Waals surface area contributed by atoms with Crippen LogP contribution < -0.4 is 11.3 Å². The first kappa shape index (κ1) is 13.5. The molecule has 0 aliphatic rings. The first-order valence-corrected chi connectivity index (χ1v) is 5.65. The van der Waals surface area contributed by atoms with Crippen molar-refractivity contribution >= 4 is 0 Å². The van der Waals surface area contributed by atoms with Crippen LogP contribution in [-0.4, -0.2) is 6.04 Å². The Morgan fingerprint density at radius 2 is 1.79 bits per heavy atom. The molecule has 0 fully saturated rings. The molecule has 0 rings (SSSR count). The van der Waals surface area contributed by atoms with Crippen molar-refractivity contribution in [3.63, 3.8) is 0 Å². The Balaban J connectivity index is 4.14. The average molecular weight is 196 g/mol. The van der Waals surface area contributed by atoms with Crippen molar-refractivity contribution in [1.82, 2.24) is 5.43 Å². The summed E-state index contributed by atoms with van der Waals surface area (Å²) in [5.74, 6) is 12.3. The van der Waals surface area contributed by atoms with Gasteiger partial charge in [-0.15, -0.1) is 11.8 Å². The lowest BCUT2D eigenvalue weighted by Crippen LogP contribution is -2.40. The Hall–Kier alpha value is -0.520. The van der Waals surface area contributed by atoms with Crippen LogP contribution in [0.4, 0.5) is 0 Å². The molecule has 0 spiro atoms. The lowest BCUT2D eigenvalue weighted by atomic mass is 9.89. The zero-order chi connectivity index (χ0) is 10.8. The lowest BCUT2D eigenvalue weighted by Gasteiger charge is -2.24. The summed E-state index contributed by atoms with van der Waals surface area (Å²) in [4.78, 5) is 0. The summed E-state index contributed by atoms with van der Waals surface area (Å²) in [6.45, 7) is 6.33. The fraction of sp³-hybridized carbons (Fsp3) is 0.833. The van der Waals surface area contributed by atoms with E-state index in [2.05, 4.69) is 31.1 Å². The predicted octanol–water partition coefficient (Wildman–Crippen LogP) is 2.45. The van der Waals surface area contributed by atoms with Gasteiger partial charge >= 0.3 is 0 Å². The molecule has 0 saturated carbocycles. The van der Waals surface area contributed by atoms with E-state index in [4.69, 9.17) is 5.84 Å². The van der Waals surface area contributed by atoms with Crippen LogP contribution >= 0.6 is 0 Å². The molecular formula is C12H24N2. The van der Waals surface area contributed by atoms with Crippen molar-refractivity contribution in [2.24, 2.45) is 11.8 Å². The Bertz CT molecular complexity index is 172. The minimum atomic E-state index is 0.363. The highest BCUT2D eigenvalue weighted by atomic mass is 15.2. The molecule has 1 atom stereocenters. The smallest absolute Gasteiger partial charge is 0.0348 e. The topological polar surface area (TPSA) is 38.0 Å². The lowest BCUT2D eigenvalue weighted by molar-refractivity contribution is 0.317. The number of rotatable bonds is 7. The number of hydrogen-bond acceptors (Lipinski definition) is 2. The Morgan fingerprint density at radius 3 is 2.14 bits per heavy atom. The molecule has 0 aromatic rings. The molecule has 0 heterocycles. The molecule has 0 aliphatic heterocycles. The maximum absolute atomic E-state index is 5.56. The largest absolute Gasteiger partial charge is 0.271 e. The van der Waals surface area contributed by atoms with E-state index in [9.17, 15) is 0 Å². The Morgan fingerprint density at radius 1 is 1.21 bits per heavy atom. The SMILES string of the molecule is CC#CCC(NN)C(CCC)CCC. The van der Waals surface area contributed by atoms with Gasteiger partial charge < -0.3 is 0 Å². The van der Waals surface area contributed by atoms with Crippen molar-refractivity contribution in [1.29, 1.82) is 0 Å². The van der Waals surface area contributed by atoms with Crippen LogP contribution in [0.2, 0.25) is 0 Å². The van der Waals surface area contributed by atoms with Crippen LogP contribution in [-0.2, 0) is 0 Å². The molecule has 2 heteroatoms. The van der Waals surface area contributed by atoms with Crippen molar-refractivity contribution in [3.8, 4) is 11.8 Å². The third kappa shape index (κ3) is 5.26. The second-order valence-corrected chi connectivity index (χ2v) is 3.74.